The number of hydrogen-bond donors (Lipinski definition) is 1. The highest BCUT2D eigenvalue weighted by atomic mass is 19.1. The maximum absolute atomic E-state index is 13.5. The fourth-order valence-electron chi connectivity index (χ4n) is 2.02. The second-order valence-electron chi connectivity index (χ2n) is 3.44. The molecule has 3 heteroatoms. The van der Waals surface area contributed by atoms with Gasteiger partial charge in [-0.2, -0.15) is 0 Å². The van der Waals surface area contributed by atoms with Crippen LogP contribution in [0.3, 0.4) is 0 Å². The number of rotatable bonds is 2. The van der Waals surface area contributed by atoms with Crippen molar-refractivity contribution in [1.82, 2.24) is 0 Å². The number of fused-ring (bicyclic) bond motifs is 1. The Kier molecular flexibility index (Phi) is 2.42. The number of phenols is 1. The fourth-order valence-corrected chi connectivity index (χ4v) is 2.02. The highest BCUT2D eigenvalue weighted by Gasteiger charge is 2.28. The van der Waals surface area contributed by atoms with E-state index in [1.165, 1.54) is 12.1 Å². The molecule has 0 fully saturated rings. The minimum Gasteiger partial charge on any atom is -0.508 e. The Morgan fingerprint density at radius 1 is 1.57 bits per heavy atom. The number of phenolic OH excluding ortho intramolecular Hbond substituents is 1. The van der Waals surface area contributed by atoms with Crippen LogP contribution in [0.5, 0.6) is 5.75 Å². The molecule has 0 saturated heterocycles. The lowest BCUT2D eigenvalue weighted by Gasteiger charge is -2.12. The second-order valence-corrected chi connectivity index (χ2v) is 3.44. The van der Waals surface area contributed by atoms with Gasteiger partial charge in [-0.25, -0.2) is 4.39 Å². The van der Waals surface area contributed by atoms with Crippen LogP contribution in [0.15, 0.2) is 12.1 Å². The van der Waals surface area contributed by atoms with Gasteiger partial charge in [-0.3, -0.25) is 0 Å². The van der Waals surface area contributed by atoms with Crippen LogP contribution in [-0.4, -0.2) is 11.7 Å². The van der Waals surface area contributed by atoms with E-state index in [1.54, 1.807) is 0 Å². The number of benzene rings is 1. The van der Waals surface area contributed by atoms with Crippen molar-refractivity contribution in [1.29, 1.82) is 0 Å². The molecule has 0 amide bonds. The first kappa shape index (κ1) is 9.46. The molecule has 2 nitrogen and oxygen atoms in total. The van der Waals surface area contributed by atoms with Gasteiger partial charge in [0.05, 0.1) is 6.10 Å². The van der Waals surface area contributed by atoms with Crippen LogP contribution in [-0.2, 0) is 11.2 Å². The van der Waals surface area contributed by atoms with E-state index >= 15 is 0 Å². The molecule has 1 N–H and O–H groups in total. The first-order chi connectivity index (χ1) is 6.74. The summed E-state index contributed by atoms with van der Waals surface area (Å²) in [5.74, 6) is -0.0858. The molecule has 1 unspecified atom stereocenters. The molecule has 0 saturated carbocycles. The van der Waals surface area contributed by atoms with Crippen molar-refractivity contribution in [3.63, 3.8) is 0 Å². The zero-order chi connectivity index (χ0) is 10.1. The monoisotopic (exact) mass is 196 g/mol. The molecule has 0 aliphatic heterocycles. The highest BCUT2D eigenvalue weighted by molar-refractivity contribution is 5.44. The van der Waals surface area contributed by atoms with Gasteiger partial charge in [-0.05, 0) is 31.9 Å². The zero-order valence-corrected chi connectivity index (χ0v) is 8.09. The van der Waals surface area contributed by atoms with E-state index in [0.717, 1.165) is 6.42 Å². The van der Waals surface area contributed by atoms with Gasteiger partial charge >= 0.3 is 0 Å². The quantitative estimate of drug-likeness (QED) is 0.787. The molecule has 1 aromatic rings. The molecule has 1 atom stereocenters. The molecule has 0 spiro atoms. The van der Waals surface area contributed by atoms with Gasteiger partial charge in [0.2, 0.25) is 0 Å². The number of aromatic hydroxyl groups is 1. The molecular formula is C11H13FO2. The Labute approximate surface area is 82.3 Å². The summed E-state index contributed by atoms with van der Waals surface area (Å²) in [5.41, 5.74) is 1.26. The molecule has 1 aromatic carbocycles. The summed E-state index contributed by atoms with van der Waals surface area (Å²) in [4.78, 5) is 0. The van der Waals surface area contributed by atoms with E-state index in [-0.39, 0.29) is 17.7 Å². The number of hydrogen-bond acceptors (Lipinski definition) is 2. The Morgan fingerprint density at radius 2 is 2.36 bits per heavy atom. The van der Waals surface area contributed by atoms with Crippen molar-refractivity contribution < 1.29 is 14.2 Å². The van der Waals surface area contributed by atoms with Crippen molar-refractivity contribution >= 4 is 0 Å². The maximum atomic E-state index is 13.5. The average molecular weight is 196 g/mol. The summed E-state index contributed by atoms with van der Waals surface area (Å²) in [7, 11) is 0. The van der Waals surface area contributed by atoms with Gasteiger partial charge in [-0.1, -0.05) is 0 Å². The summed E-state index contributed by atoms with van der Waals surface area (Å²) >= 11 is 0. The summed E-state index contributed by atoms with van der Waals surface area (Å²) < 4.78 is 18.9. The third-order valence-corrected chi connectivity index (χ3v) is 2.63. The predicted molar refractivity (Wildman–Crippen MR) is 50.8 cm³/mol. The number of ether oxygens (including phenoxy) is 1. The largest absolute Gasteiger partial charge is 0.508 e. The normalized spacial score (nSPS) is 19.7. The van der Waals surface area contributed by atoms with Crippen LogP contribution in [0.1, 0.15) is 30.6 Å². The fraction of sp³-hybridized carbons (Fsp3) is 0.455. The lowest BCUT2D eigenvalue weighted by Crippen LogP contribution is -2.02. The van der Waals surface area contributed by atoms with E-state index < -0.39 is 0 Å². The van der Waals surface area contributed by atoms with Crippen molar-refractivity contribution in [3.8, 4) is 5.75 Å². The Morgan fingerprint density at radius 3 is 3.07 bits per heavy atom. The molecule has 14 heavy (non-hydrogen) atoms. The predicted octanol–water partition coefficient (Wildman–Crippen LogP) is 2.56. The molecule has 1 aliphatic carbocycles. The van der Waals surface area contributed by atoms with Crippen LogP contribution >= 0.6 is 0 Å². The van der Waals surface area contributed by atoms with Crippen molar-refractivity contribution in [3.05, 3.63) is 29.1 Å². The third-order valence-electron chi connectivity index (χ3n) is 2.63. The second kappa shape index (κ2) is 3.58. The minimum absolute atomic E-state index is 0.179. The summed E-state index contributed by atoms with van der Waals surface area (Å²) in [6.45, 7) is 2.46. The summed E-state index contributed by atoms with van der Waals surface area (Å²) in [6.07, 6.45) is 1.28. The van der Waals surface area contributed by atoms with E-state index in [4.69, 9.17) is 4.74 Å². The van der Waals surface area contributed by atoms with Crippen molar-refractivity contribution in [2.24, 2.45) is 0 Å². The van der Waals surface area contributed by atoms with Gasteiger partial charge < -0.3 is 9.84 Å². The minimum atomic E-state index is -0.270. The SMILES string of the molecule is CCOC1CCc2c(O)ccc(F)c21. The van der Waals surface area contributed by atoms with Crippen molar-refractivity contribution in [2.45, 2.75) is 25.9 Å². The maximum Gasteiger partial charge on any atom is 0.129 e. The molecule has 0 aromatic heterocycles. The lowest BCUT2D eigenvalue weighted by molar-refractivity contribution is 0.0617. The van der Waals surface area contributed by atoms with Crippen LogP contribution in [0, 0.1) is 5.82 Å². The van der Waals surface area contributed by atoms with Crippen molar-refractivity contribution in [2.75, 3.05) is 6.61 Å². The van der Waals surface area contributed by atoms with Gasteiger partial charge in [0.15, 0.2) is 0 Å². The van der Waals surface area contributed by atoms with E-state index in [1.807, 2.05) is 6.92 Å². The van der Waals surface area contributed by atoms with Gasteiger partial charge in [0.25, 0.3) is 0 Å². The Balaban J connectivity index is 2.42. The molecule has 0 heterocycles. The van der Waals surface area contributed by atoms with Gasteiger partial charge in [0, 0.05) is 17.7 Å². The smallest absolute Gasteiger partial charge is 0.129 e. The summed E-state index contributed by atoms with van der Waals surface area (Å²) in [5, 5.41) is 9.52. The van der Waals surface area contributed by atoms with E-state index in [9.17, 15) is 9.50 Å². The third kappa shape index (κ3) is 1.38. The molecule has 2 rings (SSSR count). The van der Waals surface area contributed by atoms with Gasteiger partial charge in [-0.15, -0.1) is 0 Å². The molecule has 0 radical (unpaired) electrons. The van der Waals surface area contributed by atoms with E-state index in [2.05, 4.69) is 0 Å². The zero-order valence-electron chi connectivity index (χ0n) is 8.09. The number of halogens is 1. The van der Waals surface area contributed by atoms with E-state index in [0.29, 0.717) is 24.2 Å². The molecule has 76 valence electrons. The topological polar surface area (TPSA) is 29.5 Å². The Hall–Kier alpha value is -1.09. The van der Waals surface area contributed by atoms with Gasteiger partial charge in [0.1, 0.15) is 11.6 Å². The average Bonchev–Trinajstić information content (AvgIpc) is 2.58. The van der Waals surface area contributed by atoms with Crippen LogP contribution in [0.2, 0.25) is 0 Å². The first-order valence-electron chi connectivity index (χ1n) is 4.86. The lowest BCUT2D eigenvalue weighted by atomic mass is 10.1. The molecular weight excluding hydrogens is 183 g/mol. The van der Waals surface area contributed by atoms with Crippen LogP contribution in [0.25, 0.3) is 0 Å². The standard InChI is InChI=1S/C11H13FO2/c1-2-14-10-6-3-7-9(13)5-4-8(12)11(7)10/h4-5,10,13H,2-3,6H2,1H3. The first-order valence-corrected chi connectivity index (χ1v) is 4.86. The molecule has 1 aliphatic rings. The van der Waals surface area contributed by atoms with Crippen LogP contribution in [0.4, 0.5) is 4.39 Å². The highest BCUT2D eigenvalue weighted by Crippen LogP contribution is 2.39. The molecule has 0 bridgehead atoms. The van der Waals surface area contributed by atoms with Crippen LogP contribution < -0.4 is 0 Å². The Bertz CT molecular complexity index is 349. The summed E-state index contributed by atoms with van der Waals surface area (Å²) in [6, 6.07) is 2.70.